The molecule has 0 saturated carbocycles. The van der Waals surface area contributed by atoms with Crippen LogP contribution in [-0.4, -0.2) is 28.0 Å². The van der Waals surface area contributed by atoms with Crippen molar-refractivity contribution in [2.24, 2.45) is 11.8 Å². The van der Waals surface area contributed by atoms with Gasteiger partial charge >= 0.3 is 0 Å². The Balaban J connectivity index is 2.29. The summed E-state index contributed by atoms with van der Waals surface area (Å²) in [5, 5.41) is 0. The van der Waals surface area contributed by atoms with Crippen molar-refractivity contribution in [2.45, 2.75) is 47.1 Å². The van der Waals surface area contributed by atoms with E-state index >= 15 is 0 Å². The van der Waals surface area contributed by atoms with E-state index in [1.165, 1.54) is 0 Å². The van der Waals surface area contributed by atoms with E-state index < -0.39 is 0 Å². The van der Waals surface area contributed by atoms with Crippen LogP contribution < -0.4 is 0 Å². The molecule has 0 fully saturated rings. The number of nitrogens with zero attached hydrogens (tertiary/aromatic N) is 2. The number of H-pyrrole nitrogens is 1. The van der Waals surface area contributed by atoms with Gasteiger partial charge in [-0.25, -0.2) is 4.98 Å². The third kappa shape index (κ3) is 4.07. The summed E-state index contributed by atoms with van der Waals surface area (Å²) in [6.45, 7) is 13.7. The molecule has 116 valence electrons. The van der Waals surface area contributed by atoms with Gasteiger partial charge in [-0.2, -0.15) is 0 Å². The Bertz CT molecular complexity index is 513. The second kappa shape index (κ2) is 7.08. The summed E-state index contributed by atoms with van der Waals surface area (Å²) in [7, 11) is 0. The first kappa shape index (κ1) is 16.0. The highest BCUT2D eigenvalue weighted by atomic mass is 15.2. The molecule has 2 rings (SSSR count). The molecule has 3 heteroatoms. The summed E-state index contributed by atoms with van der Waals surface area (Å²) in [6.07, 6.45) is 1.08. The average molecular weight is 287 g/mol. The zero-order valence-electron chi connectivity index (χ0n) is 14.1. The Hall–Kier alpha value is -1.35. The van der Waals surface area contributed by atoms with Crippen molar-refractivity contribution in [2.75, 3.05) is 13.1 Å². The SMILES string of the molecule is CCC(c1nc2ccccc2[nH]1)N(CC(C)C)CC(C)C. The first-order valence-electron chi connectivity index (χ1n) is 8.20. The van der Waals surface area contributed by atoms with Gasteiger partial charge in [-0.05, 0) is 30.4 Å². The lowest BCUT2D eigenvalue weighted by Gasteiger charge is -2.32. The van der Waals surface area contributed by atoms with E-state index in [9.17, 15) is 0 Å². The second-order valence-corrected chi connectivity index (χ2v) is 6.80. The van der Waals surface area contributed by atoms with Gasteiger partial charge in [-0.15, -0.1) is 0 Å². The molecule has 1 N–H and O–H groups in total. The summed E-state index contributed by atoms with van der Waals surface area (Å²) in [4.78, 5) is 10.9. The summed E-state index contributed by atoms with van der Waals surface area (Å²) < 4.78 is 0. The molecule has 2 aromatic rings. The van der Waals surface area contributed by atoms with Crippen molar-refractivity contribution in [1.29, 1.82) is 0 Å². The molecule has 0 aliphatic rings. The van der Waals surface area contributed by atoms with Crippen LogP contribution in [0.1, 0.15) is 52.9 Å². The van der Waals surface area contributed by atoms with Gasteiger partial charge in [0, 0.05) is 13.1 Å². The maximum atomic E-state index is 4.82. The molecule has 0 saturated heterocycles. The van der Waals surface area contributed by atoms with Gasteiger partial charge < -0.3 is 4.98 Å². The van der Waals surface area contributed by atoms with Crippen molar-refractivity contribution in [3.8, 4) is 0 Å². The zero-order chi connectivity index (χ0) is 15.4. The van der Waals surface area contributed by atoms with E-state index in [0.717, 1.165) is 36.4 Å². The molecule has 21 heavy (non-hydrogen) atoms. The zero-order valence-corrected chi connectivity index (χ0v) is 14.1. The quantitative estimate of drug-likeness (QED) is 0.805. The molecule has 0 radical (unpaired) electrons. The monoisotopic (exact) mass is 287 g/mol. The average Bonchev–Trinajstić information content (AvgIpc) is 2.81. The van der Waals surface area contributed by atoms with Crippen LogP contribution in [0.5, 0.6) is 0 Å². The highest BCUT2D eigenvalue weighted by molar-refractivity contribution is 5.74. The molecule has 1 unspecified atom stereocenters. The third-order valence-corrected chi connectivity index (χ3v) is 3.75. The molecular weight excluding hydrogens is 258 g/mol. The van der Waals surface area contributed by atoms with Crippen LogP contribution in [0.15, 0.2) is 24.3 Å². The minimum absolute atomic E-state index is 0.377. The highest BCUT2D eigenvalue weighted by Crippen LogP contribution is 2.26. The Morgan fingerprint density at radius 1 is 1.05 bits per heavy atom. The molecule has 0 aliphatic carbocycles. The summed E-state index contributed by atoms with van der Waals surface area (Å²) in [5.74, 6) is 2.45. The van der Waals surface area contributed by atoms with Crippen molar-refractivity contribution in [3.63, 3.8) is 0 Å². The molecule has 0 bridgehead atoms. The van der Waals surface area contributed by atoms with Crippen LogP contribution in [0, 0.1) is 11.8 Å². The Morgan fingerprint density at radius 2 is 1.67 bits per heavy atom. The van der Waals surface area contributed by atoms with Crippen molar-refractivity contribution < 1.29 is 0 Å². The first-order chi connectivity index (χ1) is 10.0. The van der Waals surface area contributed by atoms with E-state index in [-0.39, 0.29) is 0 Å². The van der Waals surface area contributed by atoms with E-state index in [1.807, 2.05) is 6.07 Å². The smallest absolute Gasteiger partial charge is 0.124 e. The topological polar surface area (TPSA) is 31.9 Å². The fraction of sp³-hybridized carbons (Fsp3) is 0.611. The summed E-state index contributed by atoms with van der Waals surface area (Å²) in [6, 6.07) is 8.67. The highest BCUT2D eigenvalue weighted by Gasteiger charge is 2.23. The molecule has 1 aromatic carbocycles. The van der Waals surface area contributed by atoms with Crippen LogP contribution >= 0.6 is 0 Å². The fourth-order valence-corrected chi connectivity index (χ4v) is 3.02. The molecule has 1 atom stereocenters. The lowest BCUT2D eigenvalue weighted by molar-refractivity contribution is 0.147. The van der Waals surface area contributed by atoms with Gasteiger partial charge in [0.05, 0.1) is 17.1 Å². The number of aromatic amines is 1. The summed E-state index contributed by atoms with van der Waals surface area (Å²) in [5.41, 5.74) is 2.21. The molecule has 1 aromatic heterocycles. The van der Waals surface area contributed by atoms with Crippen LogP contribution in [0.25, 0.3) is 11.0 Å². The number of rotatable bonds is 7. The molecular formula is C18H29N3. The van der Waals surface area contributed by atoms with Gasteiger partial charge in [-0.3, -0.25) is 4.90 Å². The van der Waals surface area contributed by atoms with Crippen molar-refractivity contribution in [1.82, 2.24) is 14.9 Å². The molecule has 0 amide bonds. The van der Waals surface area contributed by atoms with E-state index in [1.54, 1.807) is 0 Å². The molecule has 0 spiro atoms. The minimum Gasteiger partial charge on any atom is -0.341 e. The Morgan fingerprint density at radius 3 is 2.19 bits per heavy atom. The predicted molar refractivity (Wildman–Crippen MR) is 90.4 cm³/mol. The van der Waals surface area contributed by atoms with Gasteiger partial charge in [0.15, 0.2) is 0 Å². The second-order valence-electron chi connectivity index (χ2n) is 6.80. The van der Waals surface area contributed by atoms with Crippen LogP contribution in [0.2, 0.25) is 0 Å². The number of aromatic nitrogens is 2. The van der Waals surface area contributed by atoms with Crippen LogP contribution in [0.3, 0.4) is 0 Å². The number of hydrogen-bond acceptors (Lipinski definition) is 2. The van der Waals surface area contributed by atoms with Crippen LogP contribution in [0.4, 0.5) is 0 Å². The van der Waals surface area contributed by atoms with Gasteiger partial charge in [0.2, 0.25) is 0 Å². The lowest BCUT2D eigenvalue weighted by atomic mass is 10.1. The lowest BCUT2D eigenvalue weighted by Crippen LogP contribution is -2.35. The van der Waals surface area contributed by atoms with Gasteiger partial charge in [-0.1, -0.05) is 46.8 Å². The number of fused-ring (bicyclic) bond motifs is 1. The van der Waals surface area contributed by atoms with Gasteiger partial charge in [0.25, 0.3) is 0 Å². The van der Waals surface area contributed by atoms with E-state index in [4.69, 9.17) is 4.98 Å². The minimum atomic E-state index is 0.377. The Labute approximate surface area is 128 Å². The number of para-hydroxylation sites is 2. The molecule has 1 heterocycles. The Kier molecular flexibility index (Phi) is 5.40. The van der Waals surface area contributed by atoms with E-state index in [2.05, 4.69) is 62.7 Å². The first-order valence-corrected chi connectivity index (χ1v) is 8.20. The normalized spacial score (nSPS) is 13.7. The fourth-order valence-electron chi connectivity index (χ4n) is 3.02. The third-order valence-electron chi connectivity index (χ3n) is 3.75. The standard InChI is InChI=1S/C18H29N3/c1-6-17(21(11-13(2)3)12-14(4)5)18-19-15-9-7-8-10-16(15)20-18/h7-10,13-14,17H,6,11-12H2,1-5H3,(H,19,20). The summed E-state index contributed by atoms with van der Waals surface area (Å²) >= 11 is 0. The van der Waals surface area contributed by atoms with Crippen molar-refractivity contribution >= 4 is 11.0 Å². The maximum absolute atomic E-state index is 4.82. The number of hydrogen-bond donors (Lipinski definition) is 1. The number of benzene rings is 1. The van der Waals surface area contributed by atoms with Crippen molar-refractivity contribution in [3.05, 3.63) is 30.1 Å². The number of nitrogens with one attached hydrogen (secondary N) is 1. The van der Waals surface area contributed by atoms with Gasteiger partial charge in [0.1, 0.15) is 5.82 Å². The predicted octanol–water partition coefficient (Wildman–Crippen LogP) is 4.63. The van der Waals surface area contributed by atoms with E-state index in [0.29, 0.717) is 17.9 Å². The number of imidazole rings is 1. The molecule has 3 nitrogen and oxygen atoms in total. The van der Waals surface area contributed by atoms with Crippen LogP contribution in [-0.2, 0) is 0 Å². The largest absolute Gasteiger partial charge is 0.341 e. The molecule has 0 aliphatic heterocycles. The maximum Gasteiger partial charge on any atom is 0.124 e.